The molecule has 0 atom stereocenters. The van der Waals surface area contributed by atoms with Gasteiger partial charge in [0.1, 0.15) is 4.60 Å². The summed E-state index contributed by atoms with van der Waals surface area (Å²) in [5.74, 6) is 0.275. The molecule has 0 fully saturated rings. The summed E-state index contributed by atoms with van der Waals surface area (Å²) in [6.07, 6.45) is 5.09. The summed E-state index contributed by atoms with van der Waals surface area (Å²) in [6.45, 7) is 2.78. The highest BCUT2D eigenvalue weighted by molar-refractivity contribution is 9.10. The van der Waals surface area contributed by atoms with Crippen molar-refractivity contribution in [1.29, 1.82) is 0 Å². The van der Waals surface area contributed by atoms with E-state index in [1.54, 1.807) is 24.1 Å². The fourth-order valence-electron chi connectivity index (χ4n) is 1.39. The first-order chi connectivity index (χ1) is 8.10. The molecular formula is C10H12BrN5O. The summed E-state index contributed by atoms with van der Waals surface area (Å²) in [7, 11) is 1.68. The smallest absolute Gasteiger partial charge is 0.293 e. The van der Waals surface area contributed by atoms with E-state index in [1.165, 1.54) is 4.57 Å². The Morgan fingerprint density at radius 2 is 2.24 bits per heavy atom. The van der Waals surface area contributed by atoms with Crippen molar-refractivity contribution in [1.82, 2.24) is 19.3 Å². The van der Waals surface area contributed by atoms with Gasteiger partial charge in [-0.15, -0.1) is 0 Å². The average Bonchev–Trinajstić information content (AvgIpc) is 2.73. The monoisotopic (exact) mass is 297 g/mol. The molecule has 90 valence electrons. The van der Waals surface area contributed by atoms with E-state index < -0.39 is 0 Å². The molecule has 1 N–H and O–H groups in total. The SMILES string of the molecule is CCn1cc(Nc2nc(Br)cn(C)c2=O)cn1. The van der Waals surface area contributed by atoms with Gasteiger partial charge >= 0.3 is 0 Å². The van der Waals surface area contributed by atoms with Gasteiger partial charge in [0.2, 0.25) is 0 Å². The van der Waals surface area contributed by atoms with Crippen molar-refractivity contribution >= 4 is 27.4 Å². The van der Waals surface area contributed by atoms with Crippen molar-refractivity contribution < 1.29 is 0 Å². The summed E-state index contributed by atoms with van der Waals surface area (Å²) < 4.78 is 3.83. The molecule has 17 heavy (non-hydrogen) atoms. The molecule has 0 spiro atoms. The van der Waals surface area contributed by atoms with Crippen molar-refractivity contribution in [2.24, 2.45) is 7.05 Å². The molecule has 2 rings (SSSR count). The number of rotatable bonds is 3. The second-order valence-electron chi connectivity index (χ2n) is 3.54. The van der Waals surface area contributed by atoms with Crippen LogP contribution in [0.1, 0.15) is 6.92 Å². The van der Waals surface area contributed by atoms with Gasteiger partial charge in [-0.05, 0) is 22.9 Å². The van der Waals surface area contributed by atoms with Gasteiger partial charge in [-0.25, -0.2) is 4.98 Å². The minimum Gasteiger partial charge on any atom is -0.333 e. The van der Waals surface area contributed by atoms with Crippen molar-refractivity contribution in [3.05, 3.63) is 33.5 Å². The van der Waals surface area contributed by atoms with Crippen LogP contribution in [0, 0.1) is 0 Å². The number of aryl methyl sites for hydroxylation is 2. The lowest BCUT2D eigenvalue weighted by molar-refractivity contribution is 0.660. The Labute approximate surface area is 106 Å². The van der Waals surface area contributed by atoms with E-state index in [-0.39, 0.29) is 11.4 Å². The number of anilines is 2. The standard InChI is InChI=1S/C10H12BrN5O/c1-3-16-5-7(4-12-16)13-9-10(17)15(2)6-8(11)14-9/h4-6H,3H2,1-2H3,(H,13,14). The van der Waals surface area contributed by atoms with Gasteiger partial charge in [-0.1, -0.05) is 0 Å². The minimum atomic E-state index is -0.183. The Kier molecular flexibility index (Phi) is 3.28. The second kappa shape index (κ2) is 4.70. The molecule has 0 aliphatic rings. The van der Waals surface area contributed by atoms with Gasteiger partial charge in [0.05, 0.1) is 11.9 Å². The molecule has 0 bridgehead atoms. The van der Waals surface area contributed by atoms with Crippen LogP contribution in [0.15, 0.2) is 28.0 Å². The van der Waals surface area contributed by atoms with Crippen LogP contribution in [0.5, 0.6) is 0 Å². The summed E-state index contributed by atoms with van der Waals surface area (Å²) in [5, 5.41) is 7.06. The molecule has 0 unspecified atom stereocenters. The van der Waals surface area contributed by atoms with E-state index in [4.69, 9.17) is 0 Å². The molecule has 2 aromatic rings. The number of nitrogens with zero attached hydrogens (tertiary/aromatic N) is 4. The zero-order valence-electron chi connectivity index (χ0n) is 9.51. The van der Waals surface area contributed by atoms with Gasteiger partial charge in [0.25, 0.3) is 5.56 Å². The first-order valence-electron chi connectivity index (χ1n) is 5.13. The number of halogens is 1. The highest BCUT2D eigenvalue weighted by atomic mass is 79.9. The largest absolute Gasteiger partial charge is 0.333 e. The first-order valence-corrected chi connectivity index (χ1v) is 5.92. The minimum absolute atomic E-state index is 0.183. The van der Waals surface area contributed by atoms with Crippen molar-refractivity contribution in [3.63, 3.8) is 0 Å². The predicted molar refractivity (Wildman–Crippen MR) is 68.4 cm³/mol. The molecule has 0 radical (unpaired) electrons. The summed E-state index contributed by atoms with van der Waals surface area (Å²) >= 11 is 3.25. The molecular weight excluding hydrogens is 286 g/mol. The Morgan fingerprint density at radius 3 is 2.88 bits per heavy atom. The van der Waals surface area contributed by atoms with Crippen LogP contribution in [-0.4, -0.2) is 19.3 Å². The molecule has 0 aliphatic heterocycles. The van der Waals surface area contributed by atoms with E-state index in [2.05, 4.69) is 31.3 Å². The summed E-state index contributed by atoms with van der Waals surface area (Å²) in [4.78, 5) is 15.9. The molecule has 2 heterocycles. The van der Waals surface area contributed by atoms with E-state index in [9.17, 15) is 4.79 Å². The molecule has 0 saturated carbocycles. The normalized spacial score (nSPS) is 10.5. The fourth-order valence-corrected chi connectivity index (χ4v) is 1.87. The first kappa shape index (κ1) is 11.8. The molecule has 2 aromatic heterocycles. The zero-order chi connectivity index (χ0) is 12.4. The Balaban J connectivity index is 2.32. The van der Waals surface area contributed by atoms with Crippen LogP contribution >= 0.6 is 15.9 Å². The van der Waals surface area contributed by atoms with Gasteiger partial charge in [0, 0.05) is 26.0 Å². The molecule has 0 aliphatic carbocycles. The Hall–Kier alpha value is -1.63. The molecule has 0 amide bonds. The highest BCUT2D eigenvalue weighted by Crippen LogP contribution is 2.12. The fraction of sp³-hybridized carbons (Fsp3) is 0.300. The zero-order valence-corrected chi connectivity index (χ0v) is 11.1. The van der Waals surface area contributed by atoms with Gasteiger partial charge in [-0.2, -0.15) is 5.10 Å². The van der Waals surface area contributed by atoms with Gasteiger partial charge < -0.3 is 9.88 Å². The number of nitrogens with one attached hydrogen (secondary N) is 1. The van der Waals surface area contributed by atoms with Crippen molar-refractivity contribution in [2.45, 2.75) is 13.5 Å². The summed E-state index contributed by atoms with van der Waals surface area (Å²) in [6, 6.07) is 0. The lowest BCUT2D eigenvalue weighted by atomic mass is 10.5. The Morgan fingerprint density at radius 1 is 1.47 bits per heavy atom. The average molecular weight is 298 g/mol. The number of aromatic nitrogens is 4. The highest BCUT2D eigenvalue weighted by Gasteiger charge is 2.06. The van der Waals surface area contributed by atoms with Gasteiger partial charge in [0.15, 0.2) is 5.82 Å². The maximum atomic E-state index is 11.8. The third-order valence-corrected chi connectivity index (χ3v) is 2.64. The van der Waals surface area contributed by atoms with E-state index >= 15 is 0 Å². The molecule has 0 aromatic carbocycles. The quantitative estimate of drug-likeness (QED) is 0.932. The number of hydrogen-bond acceptors (Lipinski definition) is 4. The lowest BCUT2D eigenvalue weighted by Crippen LogP contribution is -2.20. The molecule has 6 nitrogen and oxygen atoms in total. The molecule has 0 saturated heterocycles. The van der Waals surface area contributed by atoms with Crippen LogP contribution in [0.3, 0.4) is 0 Å². The van der Waals surface area contributed by atoms with Crippen molar-refractivity contribution in [2.75, 3.05) is 5.32 Å². The van der Waals surface area contributed by atoms with E-state index in [0.717, 1.165) is 12.2 Å². The molecule has 7 heteroatoms. The van der Waals surface area contributed by atoms with Crippen molar-refractivity contribution in [3.8, 4) is 0 Å². The van der Waals surface area contributed by atoms with Crippen LogP contribution in [0.2, 0.25) is 0 Å². The maximum absolute atomic E-state index is 11.8. The maximum Gasteiger partial charge on any atom is 0.293 e. The van der Waals surface area contributed by atoms with Crippen LogP contribution in [0.4, 0.5) is 11.5 Å². The van der Waals surface area contributed by atoms with Crippen LogP contribution < -0.4 is 10.9 Å². The van der Waals surface area contributed by atoms with E-state index in [0.29, 0.717) is 4.60 Å². The summed E-state index contributed by atoms with van der Waals surface area (Å²) in [5.41, 5.74) is 0.562. The predicted octanol–water partition coefficient (Wildman–Crippen LogP) is 1.50. The Bertz CT molecular complexity index is 589. The topological polar surface area (TPSA) is 64.7 Å². The van der Waals surface area contributed by atoms with Crippen LogP contribution in [-0.2, 0) is 13.6 Å². The third kappa shape index (κ3) is 2.55. The van der Waals surface area contributed by atoms with Gasteiger partial charge in [-0.3, -0.25) is 9.48 Å². The van der Waals surface area contributed by atoms with Crippen LogP contribution in [0.25, 0.3) is 0 Å². The lowest BCUT2D eigenvalue weighted by Gasteiger charge is -2.04. The third-order valence-electron chi connectivity index (χ3n) is 2.26. The number of hydrogen-bond donors (Lipinski definition) is 1. The second-order valence-corrected chi connectivity index (χ2v) is 4.35. The van der Waals surface area contributed by atoms with E-state index in [1.807, 2.05) is 13.1 Å².